The first-order chi connectivity index (χ1) is 8.29. The zero-order valence-corrected chi connectivity index (χ0v) is 11.1. The Balaban J connectivity index is 2.03. The second kappa shape index (κ2) is 6.03. The number of hydrogen-bond donors (Lipinski definition) is 1. The van der Waals surface area contributed by atoms with E-state index in [0.29, 0.717) is 0 Å². The van der Waals surface area contributed by atoms with Crippen LogP contribution in [0.2, 0.25) is 0 Å². The fourth-order valence-corrected chi connectivity index (χ4v) is 2.34. The smallest absolute Gasteiger partial charge is 0.104 e. The lowest BCUT2D eigenvalue weighted by molar-refractivity contribution is 0.219. The molecule has 1 aromatic carbocycles. The van der Waals surface area contributed by atoms with Crippen LogP contribution in [0.1, 0.15) is 11.3 Å². The maximum atomic E-state index is 9.42. The fraction of sp³-hybridized carbons (Fsp3) is 0.286. The Kier molecular flexibility index (Phi) is 4.40. The van der Waals surface area contributed by atoms with Gasteiger partial charge < -0.3 is 9.52 Å². The molecule has 0 aliphatic carbocycles. The Hall–Kier alpha value is -1.06. The summed E-state index contributed by atoms with van der Waals surface area (Å²) in [6.45, 7) is 0.169. The van der Waals surface area contributed by atoms with Crippen LogP contribution in [0.15, 0.2) is 51.6 Å². The third kappa shape index (κ3) is 3.45. The van der Waals surface area contributed by atoms with Crippen LogP contribution in [0.5, 0.6) is 0 Å². The van der Waals surface area contributed by atoms with Crippen LogP contribution in [-0.2, 0) is 12.8 Å². The van der Waals surface area contributed by atoms with Crippen molar-refractivity contribution in [3.8, 4) is 0 Å². The predicted molar refractivity (Wildman–Crippen MR) is 70.8 cm³/mol. The minimum atomic E-state index is 0.169. The highest BCUT2D eigenvalue weighted by Crippen LogP contribution is 2.21. The molecule has 1 N–H and O–H groups in total. The largest absolute Gasteiger partial charge is 0.469 e. The van der Waals surface area contributed by atoms with Gasteiger partial charge in [-0.15, -0.1) is 0 Å². The molecule has 1 unspecified atom stereocenters. The van der Waals surface area contributed by atoms with Crippen molar-refractivity contribution < 1.29 is 9.52 Å². The van der Waals surface area contributed by atoms with Crippen LogP contribution in [0.25, 0.3) is 0 Å². The lowest BCUT2D eigenvalue weighted by atomic mass is 9.96. The van der Waals surface area contributed by atoms with Gasteiger partial charge in [-0.05, 0) is 36.1 Å². The molecule has 0 saturated carbocycles. The molecule has 1 atom stereocenters. The molecule has 1 aromatic heterocycles. The van der Waals surface area contributed by atoms with E-state index in [4.69, 9.17) is 4.42 Å². The van der Waals surface area contributed by atoms with Gasteiger partial charge in [-0.3, -0.25) is 0 Å². The summed E-state index contributed by atoms with van der Waals surface area (Å²) in [7, 11) is 0. The lowest BCUT2D eigenvalue weighted by Gasteiger charge is -2.13. The summed E-state index contributed by atoms with van der Waals surface area (Å²) in [4.78, 5) is 0. The Labute approximate surface area is 109 Å². The first kappa shape index (κ1) is 12.4. The van der Waals surface area contributed by atoms with Gasteiger partial charge >= 0.3 is 0 Å². The minimum Gasteiger partial charge on any atom is -0.469 e. The summed E-state index contributed by atoms with van der Waals surface area (Å²) in [6, 6.07) is 11.9. The molecule has 0 aliphatic rings. The summed E-state index contributed by atoms with van der Waals surface area (Å²) >= 11 is 3.53. The van der Waals surface area contributed by atoms with Gasteiger partial charge in [0.1, 0.15) is 5.76 Å². The van der Waals surface area contributed by atoms with Crippen molar-refractivity contribution in [2.45, 2.75) is 12.8 Å². The van der Waals surface area contributed by atoms with Crippen molar-refractivity contribution >= 4 is 15.9 Å². The van der Waals surface area contributed by atoms with E-state index < -0.39 is 0 Å². The summed E-state index contributed by atoms with van der Waals surface area (Å²) in [5.74, 6) is 1.12. The molecular weight excluding hydrogens is 280 g/mol. The third-order valence-electron chi connectivity index (χ3n) is 2.79. The normalized spacial score (nSPS) is 12.6. The molecule has 0 radical (unpaired) electrons. The van der Waals surface area contributed by atoms with Crippen molar-refractivity contribution in [1.29, 1.82) is 0 Å². The maximum absolute atomic E-state index is 9.42. The van der Waals surface area contributed by atoms with Gasteiger partial charge in [-0.25, -0.2) is 0 Å². The summed E-state index contributed by atoms with van der Waals surface area (Å²) in [5, 5.41) is 9.42. The Morgan fingerprint density at radius 3 is 2.59 bits per heavy atom. The number of rotatable bonds is 5. The van der Waals surface area contributed by atoms with E-state index in [0.717, 1.165) is 23.1 Å². The molecule has 1 heterocycles. The topological polar surface area (TPSA) is 33.4 Å². The first-order valence-corrected chi connectivity index (χ1v) is 6.45. The monoisotopic (exact) mass is 294 g/mol. The molecule has 0 spiro atoms. The van der Waals surface area contributed by atoms with Crippen molar-refractivity contribution in [3.05, 3.63) is 58.5 Å². The molecule has 17 heavy (non-hydrogen) atoms. The zero-order valence-electron chi connectivity index (χ0n) is 9.47. The lowest BCUT2D eigenvalue weighted by Crippen LogP contribution is -2.12. The fourth-order valence-electron chi connectivity index (χ4n) is 1.89. The van der Waals surface area contributed by atoms with E-state index in [-0.39, 0.29) is 12.5 Å². The molecule has 90 valence electrons. The van der Waals surface area contributed by atoms with Crippen molar-refractivity contribution in [2.75, 3.05) is 6.61 Å². The third-order valence-corrected chi connectivity index (χ3v) is 3.57. The number of aliphatic hydroxyl groups is 1. The van der Waals surface area contributed by atoms with Crippen LogP contribution >= 0.6 is 15.9 Å². The van der Waals surface area contributed by atoms with Gasteiger partial charge in [-0.2, -0.15) is 0 Å². The predicted octanol–water partition coefficient (Wildman–Crippen LogP) is 3.44. The number of hydrogen-bond acceptors (Lipinski definition) is 2. The van der Waals surface area contributed by atoms with Crippen LogP contribution in [0.4, 0.5) is 0 Å². The number of benzene rings is 1. The van der Waals surface area contributed by atoms with Crippen LogP contribution < -0.4 is 0 Å². The first-order valence-electron chi connectivity index (χ1n) is 5.66. The van der Waals surface area contributed by atoms with E-state index in [1.54, 1.807) is 6.26 Å². The van der Waals surface area contributed by atoms with Gasteiger partial charge in [0.05, 0.1) is 6.26 Å². The summed E-state index contributed by atoms with van der Waals surface area (Å²) in [5.41, 5.74) is 1.22. The van der Waals surface area contributed by atoms with Gasteiger partial charge in [0.2, 0.25) is 0 Å². The number of furan rings is 1. The SMILES string of the molecule is OCC(Cc1ccco1)Cc1ccccc1Br. The number of aliphatic hydroxyl groups excluding tert-OH is 1. The zero-order chi connectivity index (χ0) is 12.1. The van der Waals surface area contributed by atoms with Crippen LogP contribution in [0.3, 0.4) is 0 Å². The average molecular weight is 295 g/mol. The Morgan fingerprint density at radius 1 is 1.12 bits per heavy atom. The van der Waals surface area contributed by atoms with Gasteiger partial charge in [0, 0.05) is 17.5 Å². The van der Waals surface area contributed by atoms with Gasteiger partial charge in [-0.1, -0.05) is 34.1 Å². The highest BCUT2D eigenvalue weighted by molar-refractivity contribution is 9.10. The Bertz CT molecular complexity index is 451. The summed E-state index contributed by atoms with van der Waals surface area (Å²) in [6.07, 6.45) is 3.28. The van der Waals surface area contributed by atoms with Crippen molar-refractivity contribution in [2.24, 2.45) is 5.92 Å². The highest BCUT2D eigenvalue weighted by atomic mass is 79.9. The number of halogens is 1. The van der Waals surface area contributed by atoms with E-state index >= 15 is 0 Å². The molecule has 2 nitrogen and oxygen atoms in total. The second-order valence-corrected chi connectivity index (χ2v) is 4.98. The maximum Gasteiger partial charge on any atom is 0.104 e. The van der Waals surface area contributed by atoms with Crippen molar-refractivity contribution in [3.63, 3.8) is 0 Å². The van der Waals surface area contributed by atoms with E-state index in [1.807, 2.05) is 30.3 Å². The highest BCUT2D eigenvalue weighted by Gasteiger charge is 2.12. The molecule has 2 aromatic rings. The second-order valence-electron chi connectivity index (χ2n) is 4.13. The van der Waals surface area contributed by atoms with Gasteiger partial charge in [0.15, 0.2) is 0 Å². The molecule has 0 amide bonds. The molecule has 0 fully saturated rings. The van der Waals surface area contributed by atoms with Crippen LogP contribution in [0, 0.1) is 5.92 Å². The average Bonchev–Trinajstić information content (AvgIpc) is 2.84. The van der Waals surface area contributed by atoms with Crippen molar-refractivity contribution in [1.82, 2.24) is 0 Å². The molecular formula is C14H15BrO2. The van der Waals surface area contributed by atoms with Gasteiger partial charge in [0.25, 0.3) is 0 Å². The summed E-state index contributed by atoms with van der Waals surface area (Å²) < 4.78 is 6.41. The molecule has 0 bridgehead atoms. The van der Waals surface area contributed by atoms with E-state index in [2.05, 4.69) is 22.0 Å². The van der Waals surface area contributed by atoms with E-state index in [9.17, 15) is 5.11 Å². The quantitative estimate of drug-likeness (QED) is 0.916. The Morgan fingerprint density at radius 2 is 1.94 bits per heavy atom. The standard InChI is InChI=1S/C14H15BrO2/c15-14-6-2-1-4-12(14)8-11(10-16)9-13-5-3-7-17-13/h1-7,11,16H,8-10H2. The molecule has 0 aliphatic heterocycles. The minimum absolute atomic E-state index is 0.169. The molecule has 0 saturated heterocycles. The molecule has 3 heteroatoms. The molecule has 2 rings (SSSR count). The van der Waals surface area contributed by atoms with E-state index in [1.165, 1.54) is 5.56 Å². The van der Waals surface area contributed by atoms with Crippen LogP contribution in [-0.4, -0.2) is 11.7 Å².